The third-order valence-electron chi connectivity index (χ3n) is 5.95. The summed E-state index contributed by atoms with van der Waals surface area (Å²) in [5.74, 6) is 0.878. The number of nitrogens with zero attached hydrogens (tertiary/aromatic N) is 2. The van der Waals surface area contributed by atoms with Crippen molar-refractivity contribution in [1.82, 2.24) is 5.01 Å². The monoisotopic (exact) mass is 410 g/mol. The molecule has 0 aliphatic carbocycles. The van der Waals surface area contributed by atoms with Gasteiger partial charge in [0.25, 0.3) is 0 Å². The minimum absolute atomic E-state index is 0.0895. The fourth-order valence-electron chi connectivity index (χ4n) is 4.53. The van der Waals surface area contributed by atoms with Crippen molar-refractivity contribution in [2.24, 2.45) is 5.10 Å². The summed E-state index contributed by atoms with van der Waals surface area (Å²) in [6.07, 6.45) is 0.526. The maximum atomic E-state index is 6.54. The van der Waals surface area contributed by atoms with Crippen LogP contribution in [0.4, 0.5) is 0 Å². The molecule has 0 saturated carbocycles. The third kappa shape index (κ3) is 2.78. The van der Waals surface area contributed by atoms with E-state index in [9.17, 15) is 0 Å². The zero-order valence-electron chi connectivity index (χ0n) is 16.2. The van der Waals surface area contributed by atoms with Crippen molar-refractivity contribution in [1.29, 1.82) is 0 Å². The van der Waals surface area contributed by atoms with Gasteiger partial charge in [-0.3, -0.25) is 0 Å². The predicted molar refractivity (Wildman–Crippen MR) is 121 cm³/mol. The lowest BCUT2D eigenvalue weighted by Crippen LogP contribution is -2.33. The van der Waals surface area contributed by atoms with Gasteiger partial charge in [0.15, 0.2) is 0 Å². The predicted octanol–water partition coefficient (Wildman–Crippen LogP) is 6.74. The van der Waals surface area contributed by atoms with Crippen molar-refractivity contribution in [2.45, 2.75) is 18.7 Å². The lowest BCUT2D eigenvalue weighted by molar-refractivity contribution is -0.0180. The lowest BCUT2D eigenvalue weighted by Gasteiger charge is -2.38. The second-order valence-electron chi connectivity index (χ2n) is 7.73. The van der Waals surface area contributed by atoms with Crippen LogP contribution in [-0.4, -0.2) is 10.7 Å². The molecule has 0 fully saturated rings. The minimum Gasteiger partial charge on any atom is -0.464 e. The van der Waals surface area contributed by atoms with E-state index in [4.69, 9.17) is 21.4 Å². The van der Waals surface area contributed by atoms with Crippen molar-refractivity contribution < 1.29 is 4.74 Å². The van der Waals surface area contributed by atoms with Gasteiger partial charge < -0.3 is 4.74 Å². The number of rotatable bonds is 2. The van der Waals surface area contributed by atoms with Gasteiger partial charge in [0.05, 0.1) is 11.8 Å². The van der Waals surface area contributed by atoms with Crippen LogP contribution in [0.2, 0.25) is 5.02 Å². The van der Waals surface area contributed by atoms with E-state index < -0.39 is 0 Å². The zero-order valence-corrected chi connectivity index (χ0v) is 17.0. The van der Waals surface area contributed by atoms with Crippen molar-refractivity contribution >= 4 is 28.1 Å². The highest BCUT2D eigenvalue weighted by Crippen LogP contribution is 2.49. The highest BCUT2D eigenvalue weighted by molar-refractivity contribution is 6.30. The van der Waals surface area contributed by atoms with E-state index in [1.807, 2.05) is 24.3 Å². The molecule has 6 rings (SSSR count). The van der Waals surface area contributed by atoms with Gasteiger partial charge in [-0.05, 0) is 34.5 Å². The number of hydrazone groups is 1. The van der Waals surface area contributed by atoms with Crippen LogP contribution >= 0.6 is 11.6 Å². The first-order valence-corrected chi connectivity index (χ1v) is 10.5. The molecular formula is C26H19ClN2O. The van der Waals surface area contributed by atoms with Crippen LogP contribution in [-0.2, 0) is 0 Å². The molecular weight excluding hydrogens is 392 g/mol. The average Bonchev–Trinajstić information content (AvgIpc) is 3.25. The van der Waals surface area contributed by atoms with E-state index in [0.717, 1.165) is 34.6 Å². The molecule has 0 spiro atoms. The summed E-state index contributed by atoms with van der Waals surface area (Å²) in [5.41, 5.74) is 4.43. The van der Waals surface area contributed by atoms with Gasteiger partial charge in [0.1, 0.15) is 5.75 Å². The Bertz CT molecular complexity index is 1280. The number of halogens is 1. The molecule has 2 atom stereocenters. The van der Waals surface area contributed by atoms with Crippen LogP contribution in [0.3, 0.4) is 0 Å². The number of ether oxygens (including phenoxy) is 1. The molecule has 0 saturated heterocycles. The Balaban J connectivity index is 1.53. The first-order chi connectivity index (χ1) is 14.8. The van der Waals surface area contributed by atoms with Gasteiger partial charge in [0, 0.05) is 22.6 Å². The van der Waals surface area contributed by atoms with Crippen LogP contribution in [0.15, 0.2) is 96.1 Å². The topological polar surface area (TPSA) is 24.8 Å². The van der Waals surface area contributed by atoms with E-state index >= 15 is 0 Å². The molecule has 2 aliphatic rings. The van der Waals surface area contributed by atoms with Crippen LogP contribution in [0.1, 0.15) is 35.4 Å². The Kier molecular flexibility index (Phi) is 4.03. The molecule has 2 heterocycles. The van der Waals surface area contributed by atoms with E-state index in [0.29, 0.717) is 5.02 Å². The quantitative estimate of drug-likeness (QED) is 0.365. The largest absolute Gasteiger partial charge is 0.464 e. The van der Waals surface area contributed by atoms with Gasteiger partial charge >= 0.3 is 0 Å². The summed E-state index contributed by atoms with van der Waals surface area (Å²) in [5, 5.41) is 10.3. The number of fused-ring (bicyclic) bond motifs is 4. The summed E-state index contributed by atoms with van der Waals surface area (Å²) in [4.78, 5) is 0. The summed E-state index contributed by atoms with van der Waals surface area (Å²) < 4.78 is 6.54. The fraction of sp³-hybridized carbons (Fsp3) is 0.115. The molecule has 146 valence electrons. The molecule has 3 nitrogen and oxygen atoms in total. The maximum absolute atomic E-state index is 6.54. The Morgan fingerprint density at radius 1 is 0.833 bits per heavy atom. The standard InChI is InChI=1S/C26H19ClN2O/c27-19-13-14-25-22(15-19)24-16-23(18-8-2-1-3-9-18)28-29(24)26(30-25)21-12-6-10-17-7-4-5-11-20(17)21/h1-15,24,26H,16H2/t24-,26+/m1/s1. The molecule has 0 N–H and O–H groups in total. The smallest absolute Gasteiger partial charge is 0.214 e. The number of hydrogen-bond donors (Lipinski definition) is 0. The van der Waals surface area contributed by atoms with Crippen LogP contribution < -0.4 is 4.74 Å². The summed E-state index contributed by atoms with van der Waals surface area (Å²) in [7, 11) is 0. The van der Waals surface area contributed by atoms with E-state index in [1.165, 1.54) is 10.8 Å². The minimum atomic E-state index is -0.295. The van der Waals surface area contributed by atoms with Gasteiger partial charge in [-0.1, -0.05) is 84.4 Å². The van der Waals surface area contributed by atoms with Crippen molar-refractivity contribution in [3.63, 3.8) is 0 Å². The first kappa shape index (κ1) is 17.5. The van der Waals surface area contributed by atoms with Crippen LogP contribution in [0.25, 0.3) is 10.8 Å². The normalized spacial score (nSPS) is 19.8. The Labute approximate surface area is 180 Å². The van der Waals surface area contributed by atoms with E-state index in [-0.39, 0.29) is 12.3 Å². The molecule has 4 aromatic rings. The molecule has 2 aliphatic heterocycles. The third-order valence-corrected chi connectivity index (χ3v) is 6.18. The van der Waals surface area contributed by atoms with Crippen LogP contribution in [0.5, 0.6) is 5.75 Å². The summed E-state index contributed by atoms with van der Waals surface area (Å²) >= 11 is 6.34. The molecule has 0 aromatic heterocycles. The van der Waals surface area contributed by atoms with Gasteiger partial charge in [-0.2, -0.15) is 5.10 Å². The van der Waals surface area contributed by atoms with E-state index in [2.05, 4.69) is 71.7 Å². The molecule has 4 heteroatoms. The Morgan fingerprint density at radius 3 is 2.53 bits per heavy atom. The summed E-state index contributed by atoms with van der Waals surface area (Å²) in [6, 6.07) is 31.1. The van der Waals surface area contributed by atoms with Gasteiger partial charge in [0.2, 0.25) is 6.23 Å². The maximum Gasteiger partial charge on any atom is 0.214 e. The molecule has 30 heavy (non-hydrogen) atoms. The zero-order chi connectivity index (χ0) is 20.1. The second-order valence-corrected chi connectivity index (χ2v) is 8.17. The van der Waals surface area contributed by atoms with Crippen molar-refractivity contribution in [3.05, 3.63) is 113 Å². The molecule has 0 radical (unpaired) electrons. The highest BCUT2D eigenvalue weighted by Gasteiger charge is 2.41. The lowest BCUT2D eigenvalue weighted by atomic mass is 9.95. The van der Waals surface area contributed by atoms with Crippen molar-refractivity contribution in [3.8, 4) is 5.75 Å². The van der Waals surface area contributed by atoms with Crippen LogP contribution in [0, 0.1) is 0 Å². The molecule has 0 amide bonds. The first-order valence-electron chi connectivity index (χ1n) is 10.1. The Morgan fingerprint density at radius 2 is 1.63 bits per heavy atom. The van der Waals surface area contributed by atoms with Crippen molar-refractivity contribution in [2.75, 3.05) is 0 Å². The summed E-state index contributed by atoms with van der Waals surface area (Å²) in [6.45, 7) is 0. The highest BCUT2D eigenvalue weighted by atomic mass is 35.5. The van der Waals surface area contributed by atoms with Gasteiger partial charge in [-0.25, -0.2) is 5.01 Å². The Hall–Kier alpha value is -3.30. The SMILES string of the molecule is Clc1ccc2c(c1)[C@H]1CC(c3ccccc3)=NN1[C@H](c1cccc3ccccc13)O2. The number of benzene rings is 4. The van der Waals surface area contributed by atoms with Gasteiger partial charge in [-0.15, -0.1) is 0 Å². The fourth-order valence-corrected chi connectivity index (χ4v) is 4.71. The average molecular weight is 411 g/mol. The molecule has 0 bridgehead atoms. The number of hydrogen-bond acceptors (Lipinski definition) is 3. The second kappa shape index (κ2) is 6.89. The molecule has 4 aromatic carbocycles. The van der Waals surface area contributed by atoms with E-state index in [1.54, 1.807) is 0 Å². The molecule has 0 unspecified atom stereocenters.